The summed E-state index contributed by atoms with van der Waals surface area (Å²) >= 11 is 0. The smallest absolute Gasteiger partial charge is 0.224 e. The Hall–Kier alpha value is -3.77. The van der Waals surface area contributed by atoms with E-state index in [0.29, 0.717) is 13.0 Å². The summed E-state index contributed by atoms with van der Waals surface area (Å²) in [6, 6.07) is 23.7. The van der Waals surface area contributed by atoms with Gasteiger partial charge in [-0.3, -0.25) is 4.79 Å². The molecule has 0 spiro atoms. The Morgan fingerprint density at radius 2 is 1.79 bits per heavy atom. The molecule has 1 saturated heterocycles. The maximum atomic E-state index is 13.2. The summed E-state index contributed by atoms with van der Waals surface area (Å²) in [5.41, 5.74) is 5.18. The van der Waals surface area contributed by atoms with Gasteiger partial charge in [-0.15, -0.1) is 0 Å². The van der Waals surface area contributed by atoms with Gasteiger partial charge in [0.25, 0.3) is 0 Å². The van der Waals surface area contributed by atoms with Gasteiger partial charge in [0.1, 0.15) is 24.7 Å². The molecule has 0 unspecified atom stereocenters. The van der Waals surface area contributed by atoms with E-state index in [2.05, 4.69) is 34.6 Å². The van der Waals surface area contributed by atoms with Crippen LogP contribution in [-0.4, -0.2) is 48.3 Å². The number of aromatic nitrogens is 1. The van der Waals surface area contributed by atoms with Crippen molar-refractivity contribution in [1.82, 2.24) is 10.3 Å². The van der Waals surface area contributed by atoms with Gasteiger partial charge in [0.05, 0.1) is 25.2 Å². The number of likely N-dealkylation sites (tertiary alicyclic amines) is 1. The summed E-state index contributed by atoms with van der Waals surface area (Å²) in [6.07, 6.45) is 5.96. The third-order valence-corrected chi connectivity index (χ3v) is 7.77. The van der Waals surface area contributed by atoms with Crippen LogP contribution in [0.15, 0.2) is 72.8 Å². The van der Waals surface area contributed by atoms with Crippen LogP contribution in [-0.2, 0) is 17.6 Å². The Balaban J connectivity index is 1.27. The molecule has 0 aliphatic carbocycles. The molecule has 1 aliphatic heterocycles. The number of rotatable bonds is 11. The van der Waals surface area contributed by atoms with Crippen molar-refractivity contribution in [3.8, 4) is 22.8 Å². The van der Waals surface area contributed by atoms with Crippen LogP contribution in [0.5, 0.6) is 11.5 Å². The second-order valence-corrected chi connectivity index (χ2v) is 10.8. The van der Waals surface area contributed by atoms with E-state index in [1.807, 2.05) is 43.3 Å². The molecule has 4 aromatic rings. The molecule has 204 valence electrons. The number of quaternary nitrogens is 1. The zero-order valence-corrected chi connectivity index (χ0v) is 22.8. The van der Waals surface area contributed by atoms with Gasteiger partial charge in [-0.05, 0) is 80.0 Å². The summed E-state index contributed by atoms with van der Waals surface area (Å²) in [5, 5.41) is 13.7. The molecule has 1 atom stereocenters. The first-order chi connectivity index (χ1) is 19.0. The van der Waals surface area contributed by atoms with Gasteiger partial charge < -0.3 is 25.0 Å². The van der Waals surface area contributed by atoms with Gasteiger partial charge >= 0.3 is 0 Å². The summed E-state index contributed by atoms with van der Waals surface area (Å²) in [4.78, 5) is 18.4. The number of hydrogen-bond donors (Lipinski definition) is 4. The minimum Gasteiger partial charge on any atom is -0.508 e. The highest BCUT2D eigenvalue weighted by molar-refractivity contribution is 5.95. The van der Waals surface area contributed by atoms with Crippen molar-refractivity contribution in [2.45, 2.75) is 51.5 Å². The first kappa shape index (κ1) is 26.8. The van der Waals surface area contributed by atoms with Crippen LogP contribution >= 0.6 is 0 Å². The third kappa shape index (κ3) is 7.21. The number of carbonyl (C=O) groups is 1. The average Bonchev–Trinajstić information content (AvgIpc) is 3.31. The van der Waals surface area contributed by atoms with Crippen LogP contribution in [0.4, 0.5) is 0 Å². The monoisotopic (exact) mass is 526 g/mol. The lowest BCUT2D eigenvalue weighted by atomic mass is 10.0. The highest BCUT2D eigenvalue weighted by Crippen LogP contribution is 2.33. The lowest BCUT2D eigenvalue weighted by Gasteiger charge is -2.23. The lowest BCUT2D eigenvalue weighted by Crippen LogP contribution is -3.13. The number of amides is 1. The molecule has 5 rings (SSSR count). The van der Waals surface area contributed by atoms with Gasteiger partial charge in [0, 0.05) is 23.0 Å². The fourth-order valence-corrected chi connectivity index (χ4v) is 5.58. The van der Waals surface area contributed by atoms with Crippen molar-refractivity contribution in [3.63, 3.8) is 0 Å². The topological polar surface area (TPSA) is 78.8 Å². The number of aromatic hydroxyl groups is 1. The fourth-order valence-electron chi connectivity index (χ4n) is 5.58. The number of benzene rings is 3. The lowest BCUT2D eigenvalue weighted by molar-refractivity contribution is -0.904. The highest BCUT2D eigenvalue weighted by Gasteiger charge is 2.18. The number of fused-ring (bicyclic) bond motifs is 1. The van der Waals surface area contributed by atoms with Crippen molar-refractivity contribution >= 4 is 16.8 Å². The van der Waals surface area contributed by atoms with Crippen molar-refractivity contribution in [2.24, 2.45) is 0 Å². The number of phenolic OH excluding ortho intramolecular Hbond substituents is 1. The molecule has 6 heteroatoms. The normalized spacial score (nSPS) is 14.8. The summed E-state index contributed by atoms with van der Waals surface area (Å²) in [7, 11) is 0. The number of H-pyrrole nitrogens is 1. The number of hydrogen-bond acceptors (Lipinski definition) is 3. The SMILES string of the molecule is C[C@H](CCc1ccc(O)cc1)NC(=O)Cc1c(-c2ccccc2)[nH]c2cc(OCC[NH+]3CCCCC3)ccc12. The molecule has 1 fully saturated rings. The van der Waals surface area contributed by atoms with E-state index >= 15 is 0 Å². The molecule has 6 nitrogen and oxygen atoms in total. The van der Waals surface area contributed by atoms with Crippen molar-refractivity contribution in [2.75, 3.05) is 26.2 Å². The van der Waals surface area contributed by atoms with Crippen LogP contribution < -0.4 is 15.0 Å². The standard InChI is InChI=1S/C33H39N3O3/c1-24(10-11-25-12-14-27(37)15-13-25)34-32(38)23-30-29-17-16-28(39-21-20-36-18-6-3-7-19-36)22-31(29)35-33(30)26-8-4-2-5-9-26/h2,4-5,8-9,12-17,22,24,35,37H,3,6-7,10-11,18-21,23H2,1H3,(H,34,38)/p+1/t24-/m1/s1. The summed E-state index contributed by atoms with van der Waals surface area (Å²) in [5.74, 6) is 1.14. The first-order valence-electron chi connectivity index (χ1n) is 14.3. The van der Waals surface area contributed by atoms with Crippen LogP contribution in [0, 0.1) is 0 Å². The van der Waals surface area contributed by atoms with Gasteiger partial charge in [-0.25, -0.2) is 0 Å². The van der Waals surface area contributed by atoms with E-state index in [-0.39, 0.29) is 17.7 Å². The summed E-state index contributed by atoms with van der Waals surface area (Å²) < 4.78 is 6.14. The van der Waals surface area contributed by atoms with Crippen LogP contribution in [0.2, 0.25) is 0 Å². The number of piperidine rings is 1. The third-order valence-electron chi connectivity index (χ3n) is 7.77. The molecule has 1 aromatic heterocycles. The van der Waals surface area contributed by atoms with E-state index < -0.39 is 0 Å². The molecule has 2 heterocycles. The Bertz CT molecular complexity index is 1360. The van der Waals surface area contributed by atoms with Gasteiger partial charge in [-0.2, -0.15) is 0 Å². The fraction of sp³-hybridized carbons (Fsp3) is 0.364. The Labute approximate surface area is 231 Å². The minimum absolute atomic E-state index is 0.0103. The van der Waals surface area contributed by atoms with E-state index in [1.54, 1.807) is 17.0 Å². The van der Waals surface area contributed by atoms with Crippen LogP contribution in [0.3, 0.4) is 0 Å². The van der Waals surface area contributed by atoms with Crippen molar-refractivity contribution in [1.29, 1.82) is 0 Å². The number of nitrogens with one attached hydrogen (secondary N) is 3. The highest BCUT2D eigenvalue weighted by atomic mass is 16.5. The Morgan fingerprint density at radius 1 is 1.03 bits per heavy atom. The van der Waals surface area contributed by atoms with E-state index in [4.69, 9.17) is 4.74 Å². The number of ether oxygens (including phenoxy) is 1. The predicted molar refractivity (Wildman–Crippen MR) is 156 cm³/mol. The van der Waals surface area contributed by atoms with Crippen molar-refractivity contribution in [3.05, 3.63) is 83.9 Å². The number of phenols is 1. The minimum atomic E-state index is 0.0103. The molecule has 3 aromatic carbocycles. The van der Waals surface area contributed by atoms with Gasteiger partial charge in [0.15, 0.2) is 0 Å². The predicted octanol–water partition coefficient (Wildman–Crippen LogP) is 4.67. The number of carbonyl (C=O) groups excluding carboxylic acids is 1. The second kappa shape index (κ2) is 12.9. The molecular formula is C33H40N3O3+. The largest absolute Gasteiger partial charge is 0.508 e. The number of aromatic amines is 1. The number of aryl methyl sites for hydroxylation is 1. The molecule has 4 N–H and O–H groups in total. The van der Waals surface area contributed by atoms with Crippen molar-refractivity contribution < 1.29 is 19.5 Å². The molecule has 0 saturated carbocycles. The van der Waals surface area contributed by atoms with Gasteiger partial charge in [-0.1, -0.05) is 42.5 Å². The Morgan fingerprint density at radius 3 is 2.56 bits per heavy atom. The van der Waals surface area contributed by atoms with Crippen LogP contribution in [0.1, 0.15) is 43.7 Å². The Kier molecular flexibility index (Phi) is 8.84. The zero-order chi connectivity index (χ0) is 27.0. The maximum Gasteiger partial charge on any atom is 0.224 e. The second-order valence-electron chi connectivity index (χ2n) is 10.8. The molecule has 0 radical (unpaired) electrons. The molecule has 0 bridgehead atoms. The summed E-state index contributed by atoms with van der Waals surface area (Å²) in [6.45, 7) is 6.29. The molecule has 1 aliphatic rings. The van der Waals surface area contributed by atoms with E-state index in [9.17, 15) is 9.90 Å². The quantitative estimate of drug-likeness (QED) is 0.229. The molecule has 1 amide bonds. The zero-order valence-electron chi connectivity index (χ0n) is 22.8. The average molecular weight is 527 g/mol. The maximum absolute atomic E-state index is 13.2. The molecular weight excluding hydrogens is 486 g/mol. The van der Waals surface area contributed by atoms with E-state index in [1.165, 1.54) is 32.4 Å². The van der Waals surface area contributed by atoms with Gasteiger partial charge in [0.2, 0.25) is 5.91 Å². The first-order valence-corrected chi connectivity index (χ1v) is 14.3. The van der Waals surface area contributed by atoms with Crippen LogP contribution in [0.25, 0.3) is 22.2 Å². The molecule has 39 heavy (non-hydrogen) atoms. The van der Waals surface area contributed by atoms with E-state index in [0.717, 1.165) is 58.4 Å².